The average molecular weight is 403 g/mol. The van der Waals surface area contributed by atoms with Crippen LogP contribution in [-0.4, -0.2) is 33.9 Å². The van der Waals surface area contributed by atoms with Gasteiger partial charge in [0.1, 0.15) is 0 Å². The zero-order valence-electron chi connectivity index (χ0n) is 16.4. The fourth-order valence-corrected chi connectivity index (χ4v) is 3.15. The molecular weight excluding hydrogens is 380 g/mol. The second-order valence-corrected chi connectivity index (χ2v) is 6.73. The molecule has 0 aliphatic rings. The molecule has 7 nitrogen and oxygen atoms in total. The smallest absolute Gasteiger partial charge is 0.255 e. The minimum absolute atomic E-state index is 0.312. The molecule has 1 amide bonds. The lowest BCUT2D eigenvalue weighted by atomic mass is 10.1. The van der Waals surface area contributed by atoms with Crippen LogP contribution in [0, 0.1) is 6.92 Å². The lowest BCUT2D eigenvalue weighted by molar-refractivity contribution is 0.102. The summed E-state index contributed by atoms with van der Waals surface area (Å²) in [5.74, 6) is 0.592. The van der Waals surface area contributed by atoms with Crippen molar-refractivity contribution in [3.8, 4) is 11.5 Å². The number of carbonyl (C=O) groups excluding carboxylic acids is 1. The highest BCUT2D eigenvalue weighted by atomic mass is 35.5. The van der Waals surface area contributed by atoms with E-state index in [0.29, 0.717) is 41.0 Å². The highest BCUT2D eigenvalue weighted by molar-refractivity contribution is 6.32. The van der Waals surface area contributed by atoms with E-state index < -0.39 is 0 Å². The molecule has 1 aromatic carbocycles. The van der Waals surface area contributed by atoms with E-state index in [0.717, 1.165) is 23.1 Å². The molecule has 0 fully saturated rings. The number of hydrogen-bond donors (Lipinski definition) is 1. The Labute approximate surface area is 168 Å². The lowest BCUT2D eigenvalue weighted by Crippen LogP contribution is -2.13. The Hall–Kier alpha value is -2.80. The fraction of sp³-hybridized carbons (Fsp3) is 0.350. The third-order valence-corrected chi connectivity index (χ3v) is 4.42. The van der Waals surface area contributed by atoms with Gasteiger partial charge in [0.05, 0.1) is 35.8 Å². The summed E-state index contributed by atoms with van der Waals surface area (Å²) in [4.78, 5) is 17.1. The van der Waals surface area contributed by atoms with Crippen molar-refractivity contribution in [3.05, 3.63) is 40.7 Å². The van der Waals surface area contributed by atoms with E-state index in [4.69, 9.17) is 21.1 Å². The normalized spacial score (nSPS) is 10.9. The van der Waals surface area contributed by atoms with Crippen molar-refractivity contribution < 1.29 is 14.3 Å². The summed E-state index contributed by atoms with van der Waals surface area (Å²) in [5, 5.41) is 8.41. The standard InChI is InChI=1S/C20H23ClN4O3/c1-5-7-28-18-16(21)8-13(9-17(18)27-6-2)20(26)23-14-10-15-12(3)24-25(4)19(15)22-11-14/h8-11H,5-7H2,1-4H3,(H,23,26). The molecular formula is C20H23ClN4O3. The first kappa shape index (κ1) is 19.9. The minimum atomic E-state index is -0.312. The largest absolute Gasteiger partial charge is 0.490 e. The molecule has 0 unspecified atom stereocenters. The number of aromatic nitrogens is 3. The SMILES string of the molecule is CCCOc1c(Cl)cc(C(=O)Nc2cnc3c(c2)c(C)nn3C)cc1OCC. The van der Waals surface area contributed by atoms with Crippen molar-refractivity contribution in [2.75, 3.05) is 18.5 Å². The third-order valence-electron chi connectivity index (χ3n) is 4.14. The van der Waals surface area contributed by atoms with Crippen LogP contribution in [-0.2, 0) is 7.05 Å². The Bertz CT molecular complexity index is 1020. The second-order valence-electron chi connectivity index (χ2n) is 6.33. The van der Waals surface area contributed by atoms with Gasteiger partial charge in [-0.15, -0.1) is 0 Å². The third kappa shape index (κ3) is 4.04. The van der Waals surface area contributed by atoms with Crippen LogP contribution in [0.3, 0.4) is 0 Å². The number of halogens is 1. The predicted molar refractivity (Wildman–Crippen MR) is 110 cm³/mol. The number of anilines is 1. The monoisotopic (exact) mass is 402 g/mol. The molecule has 0 bridgehead atoms. The Morgan fingerprint density at radius 3 is 2.75 bits per heavy atom. The van der Waals surface area contributed by atoms with E-state index in [1.807, 2.05) is 33.9 Å². The van der Waals surface area contributed by atoms with Gasteiger partial charge in [0.2, 0.25) is 0 Å². The summed E-state index contributed by atoms with van der Waals surface area (Å²) in [6.07, 6.45) is 2.44. The minimum Gasteiger partial charge on any atom is -0.490 e. The predicted octanol–water partition coefficient (Wildman–Crippen LogP) is 4.37. The topological polar surface area (TPSA) is 78.3 Å². The maximum absolute atomic E-state index is 12.8. The molecule has 0 spiro atoms. The van der Waals surface area contributed by atoms with E-state index in [9.17, 15) is 4.79 Å². The quantitative estimate of drug-likeness (QED) is 0.634. The van der Waals surface area contributed by atoms with Crippen LogP contribution in [0.2, 0.25) is 5.02 Å². The van der Waals surface area contributed by atoms with Crippen LogP contribution in [0.4, 0.5) is 5.69 Å². The molecule has 0 saturated heterocycles. The Balaban J connectivity index is 1.88. The van der Waals surface area contributed by atoms with Crippen molar-refractivity contribution in [2.24, 2.45) is 7.05 Å². The average Bonchev–Trinajstić information content (AvgIpc) is 2.94. The summed E-state index contributed by atoms with van der Waals surface area (Å²) in [6.45, 7) is 6.72. The van der Waals surface area contributed by atoms with Crippen molar-refractivity contribution in [1.82, 2.24) is 14.8 Å². The van der Waals surface area contributed by atoms with Gasteiger partial charge in [-0.2, -0.15) is 5.10 Å². The Morgan fingerprint density at radius 1 is 1.25 bits per heavy atom. The van der Waals surface area contributed by atoms with Crippen LogP contribution < -0.4 is 14.8 Å². The van der Waals surface area contributed by atoms with Gasteiger partial charge in [0.25, 0.3) is 5.91 Å². The molecule has 0 saturated carbocycles. The van der Waals surface area contributed by atoms with Gasteiger partial charge >= 0.3 is 0 Å². The molecule has 148 valence electrons. The number of hydrogen-bond acceptors (Lipinski definition) is 5. The molecule has 2 aromatic heterocycles. The van der Waals surface area contributed by atoms with Crippen molar-refractivity contribution >= 4 is 34.2 Å². The molecule has 28 heavy (non-hydrogen) atoms. The highest BCUT2D eigenvalue weighted by Gasteiger charge is 2.17. The molecule has 3 aromatic rings. The van der Waals surface area contributed by atoms with E-state index in [1.54, 1.807) is 23.0 Å². The zero-order chi connectivity index (χ0) is 20.3. The number of rotatable bonds is 7. The van der Waals surface area contributed by atoms with Crippen molar-refractivity contribution in [1.29, 1.82) is 0 Å². The van der Waals surface area contributed by atoms with Gasteiger partial charge in [0, 0.05) is 18.0 Å². The first-order valence-corrected chi connectivity index (χ1v) is 9.52. The van der Waals surface area contributed by atoms with Gasteiger partial charge in [-0.05, 0) is 38.5 Å². The van der Waals surface area contributed by atoms with Gasteiger partial charge < -0.3 is 14.8 Å². The maximum Gasteiger partial charge on any atom is 0.255 e. The summed E-state index contributed by atoms with van der Waals surface area (Å²) in [5.41, 5.74) is 2.56. The van der Waals surface area contributed by atoms with Crippen molar-refractivity contribution in [2.45, 2.75) is 27.2 Å². The summed E-state index contributed by atoms with van der Waals surface area (Å²) >= 11 is 6.35. The molecule has 0 atom stereocenters. The van der Waals surface area contributed by atoms with Crippen LogP contribution in [0.1, 0.15) is 36.3 Å². The fourth-order valence-electron chi connectivity index (χ4n) is 2.89. The van der Waals surface area contributed by atoms with Gasteiger partial charge in [-0.3, -0.25) is 9.48 Å². The number of nitrogens with zero attached hydrogens (tertiary/aromatic N) is 3. The van der Waals surface area contributed by atoms with E-state index in [-0.39, 0.29) is 5.91 Å². The molecule has 8 heteroatoms. The molecule has 3 rings (SSSR count). The molecule has 0 aliphatic heterocycles. The van der Waals surface area contributed by atoms with Crippen LogP contribution >= 0.6 is 11.6 Å². The molecule has 0 radical (unpaired) electrons. The highest BCUT2D eigenvalue weighted by Crippen LogP contribution is 2.37. The van der Waals surface area contributed by atoms with E-state index >= 15 is 0 Å². The number of aryl methyl sites for hydroxylation is 2. The van der Waals surface area contributed by atoms with Gasteiger partial charge in [-0.1, -0.05) is 18.5 Å². The number of benzene rings is 1. The second kappa shape index (κ2) is 8.48. The van der Waals surface area contributed by atoms with E-state index in [2.05, 4.69) is 15.4 Å². The van der Waals surface area contributed by atoms with Crippen molar-refractivity contribution in [3.63, 3.8) is 0 Å². The molecule has 1 N–H and O–H groups in total. The van der Waals surface area contributed by atoms with Gasteiger partial charge in [0.15, 0.2) is 17.1 Å². The lowest BCUT2D eigenvalue weighted by Gasteiger charge is -2.15. The Kier molecular flexibility index (Phi) is 6.04. The van der Waals surface area contributed by atoms with E-state index in [1.165, 1.54) is 0 Å². The molecule has 0 aliphatic carbocycles. The zero-order valence-corrected chi connectivity index (χ0v) is 17.1. The number of pyridine rings is 1. The molecule has 2 heterocycles. The number of ether oxygens (including phenoxy) is 2. The maximum atomic E-state index is 12.8. The Morgan fingerprint density at radius 2 is 2.04 bits per heavy atom. The van der Waals surface area contributed by atoms with Crippen LogP contribution in [0.5, 0.6) is 11.5 Å². The number of fused-ring (bicyclic) bond motifs is 1. The first-order chi connectivity index (χ1) is 13.4. The summed E-state index contributed by atoms with van der Waals surface area (Å²) in [6, 6.07) is 5.06. The number of amides is 1. The summed E-state index contributed by atoms with van der Waals surface area (Å²) < 4.78 is 13.0. The van der Waals surface area contributed by atoms with Gasteiger partial charge in [-0.25, -0.2) is 4.98 Å². The number of nitrogens with one attached hydrogen (secondary N) is 1. The van der Waals surface area contributed by atoms with Crippen LogP contribution in [0.15, 0.2) is 24.4 Å². The van der Waals surface area contributed by atoms with Crippen LogP contribution in [0.25, 0.3) is 11.0 Å². The summed E-state index contributed by atoms with van der Waals surface area (Å²) in [7, 11) is 1.83. The first-order valence-electron chi connectivity index (χ1n) is 9.14. The number of carbonyl (C=O) groups is 1.